The van der Waals surface area contributed by atoms with Gasteiger partial charge in [0.1, 0.15) is 0 Å². The van der Waals surface area contributed by atoms with E-state index in [-0.39, 0.29) is 6.54 Å². The first-order valence-electron chi connectivity index (χ1n) is 3.95. The summed E-state index contributed by atoms with van der Waals surface area (Å²) in [4.78, 5) is 3.92. The summed E-state index contributed by atoms with van der Waals surface area (Å²) in [6, 6.07) is 0. The number of nitrogens with two attached hydrogens (primary N) is 1. The molecule has 7 heteroatoms. The van der Waals surface area contributed by atoms with Gasteiger partial charge in [0.15, 0.2) is 5.13 Å². The summed E-state index contributed by atoms with van der Waals surface area (Å²) in [7, 11) is 0. The van der Waals surface area contributed by atoms with Gasteiger partial charge in [-0.05, 0) is 0 Å². The number of rotatable bonds is 4. The van der Waals surface area contributed by atoms with Crippen LogP contribution in [0, 0.1) is 0 Å². The van der Waals surface area contributed by atoms with E-state index in [1.165, 1.54) is 11.3 Å². The van der Waals surface area contributed by atoms with E-state index in [1.54, 1.807) is 5.38 Å². The number of halogens is 3. The molecule has 80 valence electrons. The van der Waals surface area contributed by atoms with Crippen molar-refractivity contribution in [2.75, 3.05) is 18.8 Å². The second-order valence-electron chi connectivity index (χ2n) is 2.72. The van der Waals surface area contributed by atoms with E-state index in [9.17, 15) is 13.2 Å². The largest absolute Gasteiger partial charge is 0.401 e. The van der Waals surface area contributed by atoms with Gasteiger partial charge in [0, 0.05) is 18.3 Å². The zero-order chi connectivity index (χ0) is 10.6. The smallest absolute Gasteiger partial charge is 0.375 e. The Balaban J connectivity index is 2.16. The maximum atomic E-state index is 11.7. The summed E-state index contributed by atoms with van der Waals surface area (Å²) in [5, 5.41) is 4.46. The van der Waals surface area contributed by atoms with Gasteiger partial charge < -0.3 is 11.1 Å². The van der Waals surface area contributed by atoms with Gasteiger partial charge in [0.2, 0.25) is 0 Å². The lowest BCUT2D eigenvalue weighted by atomic mass is 10.3. The predicted octanol–water partition coefficient (Wildman–Crippen LogP) is 1.42. The molecule has 0 saturated carbocycles. The summed E-state index contributed by atoms with van der Waals surface area (Å²) in [6.45, 7) is -0.713. The Labute approximate surface area is 83.1 Å². The third-order valence-corrected chi connectivity index (χ3v) is 2.18. The van der Waals surface area contributed by atoms with Crippen LogP contribution < -0.4 is 11.1 Å². The van der Waals surface area contributed by atoms with Gasteiger partial charge in [-0.3, -0.25) is 0 Å². The zero-order valence-corrected chi connectivity index (χ0v) is 8.08. The summed E-state index contributed by atoms with van der Waals surface area (Å²) in [5.41, 5.74) is 6.08. The molecule has 0 spiro atoms. The normalized spacial score (nSPS) is 11.9. The highest BCUT2D eigenvalue weighted by Crippen LogP contribution is 2.13. The number of hydrogen-bond donors (Lipinski definition) is 2. The molecule has 0 aliphatic carbocycles. The molecule has 1 aromatic heterocycles. The van der Waals surface area contributed by atoms with Crippen LogP contribution in [0.4, 0.5) is 18.3 Å². The van der Waals surface area contributed by atoms with Gasteiger partial charge in [0.25, 0.3) is 0 Å². The van der Waals surface area contributed by atoms with Crippen LogP contribution in [0.25, 0.3) is 0 Å². The van der Waals surface area contributed by atoms with Crippen LogP contribution in [0.1, 0.15) is 5.69 Å². The van der Waals surface area contributed by atoms with Crippen molar-refractivity contribution in [2.45, 2.75) is 12.6 Å². The summed E-state index contributed by atoms with van der Waals surface area (Å²) >= 11 is 1.28. The third-order valence-electron chi connectivity index (χ3n) is 1.45. The predicted molar refractivity (Wildman–Crippen MR) is 49.2 cm³/mol. The highest BCUT2D eigenvalue weighted by atomic mass is 32.1. The van der Waals surface area contributed by atoms with Crippen LogP contribution in [-0.2, 0) is 6.42 Å². The fourth-order valence-electron chi connectivity index (χ4n) is 0.884. The van der Waals surface area contributed by atoms with Crippen molar-refractivity contribution in [3.8, 4) is 0 Å². The van der Waals surface area contributed by atoms with Crippen molar-refractivity contribution in [1.29, 1.82) is 0 Å². The zero-order valence-electron chi connectivity index (χ0n) is 7.27. The fraction of sp³-hybridized carbons (Fsp3) is 0.571. The molecular formula is C7H10F3N3S. The van der Waals surface area contributed by atoms with Crippen LogP contribution >= 0.6 is 11.3 Å². The molecule has 3 nitrogen and oxygen atoms in total. The quantitative estimate of drug-likeness (QED) is 0.762. The number of hydrogen-bond acceptors (Lipinski definition) is 4. The lowest BCUT2D eigenvalue weighted by molar-refractivity contribution is -0.124. The SMILES string of the molecule is Nc1nc(CCNCC(F)(F)F)cs1. The van der Waals surface area contributed by atoms with Gasteiger partial charge in [-0.2, -0.15) is 13.2 Å². The van der Waals surface area contributed by atoms with Gasteiger partial charge in [-0.25, -0.2) is 4.98 Å². The third kappa shape index (κ3) is 4.43. The number of nitrogens with one attached hydrogen (secondary N) is 1. The van der Waals surface area contributed by atoms with Gasteiger partial charge in [-0.1, -0.05) is 0 Å². The van der Waals surface area contributed by atoms with Crippen molar-refractivity contribution < 1.29 is 13.2 Å². The standard InChI is InChI=1S/C7H10F3N3S/c8-7(9,10)4-12-2-1-5-3-14-6(11)13-5/h3,12H,1-2,4H2,(H2,11,13). The molecule has 1 heterocycles. The highest BCUT2D eigenvalue weighted by molar-refractivity contribution is 7.13. The lowest BCUT2D eigenvalue weighted by Crippen LogP contribution is -2.30. The van der Waals surface area contributed by atoms with Crippen molar-refractivity contribution in [2.24, 2.45) is 0 Å². The van der Waals surface area contributed by atoms with Crippen molar-refractivity contribution in [3.63, 3.8) is 0 Å². The first-order valence-corrected chi connectivity index (χ1v) is 4.83. The van der Waals surface area contributed by atoms with E-state index in [1.807, 2.05) is 0 Å². The molecule has 1 rings (SSSR count). The Hall–Kier alpha value is -0.820. The van der Waals surface area contributed by atoms with E-state index < -0.39 is 12.7 Å². The minimum absolute atomic E-state index is 0.253. The number of thiazole rings is 1. The molecule has 0 aromatic carbocycles. The van der Waals surface area contributed by atoms with E-state index in [4.69, 9.17) is 5.73 Å². The topological polar surface area (TPSA) is 50.9 Å². The molecule has 3 N–H and O–H groups in total. The average molecular weight is 225 g/mol. The monoisotopic (exact) mass is 225 g/mol. The van der Waals surface area contributed by atoms with E-state index in [0.29, 0.717) is 11.6 Å². The van der Waals surface area contributed by atoms with Crippen LogP contribution in [0.3, 0.4) is 0 Å². The first kappa shape index (κ1) is 11.3. The van der Waals surface area contributed by atoms with Crippen LogP contribution in [0.15, 0.2) is 5.38 Å². The van der Waals surface area contributed by atoms with Gasteiger partial charge in [0.05, 0.1) is 12.2 Å². The Bertz CT molecular complexity index is 284. The van der Waals surface area contributed by atoms with Crippen LogP contribution in [0.5, 0.6) is 0 Å². The van der Waals surface area contributed by atoms with E-state index >= 15 is 0 Å². The molecule has 0 unspecified atom stereocenters. The van der Waals surface area contributed by atoms with Gasteiger partial charge in [-0.15, -0.1) is 11.3 Å². The number of anilines is 1. The summed E-state index contributed by atoms with van der Waals surface area (Å²) < 4.78 is 35.1. The fourth-order valence-corrected chi connectivity index (χ4v) is 1.48. The van der Waals surface area contributed by atoms with Crippen LogP contribution in [-0.4, -0.2) is 24.2 Å². The second-order valence-corrected chi connectivity index (χ2v) is 3.61. The molecule has 0 radical (unpaired) electrons. The van der Waals surface area contributed by atoms with Crippen molar-refractivity contribution >= 4 is 16.5 Å². The molecule has 0 fully saturated rings. The Kier molecular flexibility index (Phi) is 3.70. The average Bonchev–Trinajstić information content (AvgIpc) is 2.44. The molecular weight excluding hydrogens is 215 g/mol. The Morgan fingerprint density at radius 3 is 2.71 bits per heavy atom. The lowest BCUT2D eigenvalue weighted by Gasteiger charge is -2.06. The number of nitrogen functional groups attached to an aromatic ring is 1. The first-order chi connectivity index (χ1) is 6.47. The van der Waals surface area contributed by atoms with Gasteiger partial charge >= 0.3 is 6.18 Å². The Morgan fingerprint density at radius 1 is 1.50 bits per heavy atom. The molecule has 14 heavy (non-hydrogen) atoms. The summed E-state index contributed by atoms with van der Waals surface area (Å²) in [6.07, 6.45) is -3.69. The minimum Gasteiger partial charge on any atom is -0.375 e. The molecule has 0 bridgehead atoms. The van der Waals surface area contributed by atoms with E-state index in [0.717, 1.165) is 5.69 Å². The molecule has 0 saturated heterocycles. The van der Waals surface area contributed by atoms with Crippen molar-refractivity contribution in [1.82, 2.24) is 10.3 Å². The number of nitrogens with zero attached hydrogens (tertiary/aromatic N) is 1. The number of aromatic nitrogens is 1. The van der Waals surface area contributed by atoms with Crippen molar-refractivity contribution in [3.05, 3.63) is 11.1 Å². The van der Waals surface area contributed by atoms with E-state index in [2.05, 4.69) is 10.3 Å². The minimum atomic E-state index is -4.15. The maximum absolute atomic E-state index is 11.7. The Morgan fingerprint density at radius 2 is 2.21 bits per heavy atom. The molecule has 1 aromatic rings. The second kappa shape index (κ2) is 4.61. The van der Waals surface area contributed by atoms with Crippen LogP contribution in [0.2, 0.25) is 0 Å². The molecule has 0 aliphatic heterocycles. The molecule has 0 amide bonds. The number of alkyl halides is 3. The molecule has 0 aliphatic rings. The summed E-state index contributed by atoms with van der Waals surface area (Å²) in [5.74, 6) is 0. The molecule has 0 atom stereocenters. The highest BCUT2D eigenvalue weighted by Gasteiger charge is 2.25. The maximum Gasteiger partial charge on any atom is 0.401 e.